The summed E-state index contributed by atoms with van der Waals surface area (Å²) in [7, 11) is 2.08. The number of hydrogen-bond acceptors (Lipinski definition) is 4. The molecule has 3 aromatic rings. The van der Waals surface area contributed by atoms with Crippen molar-refractivity contribution in [1.82, 2.24) is 14.8 Å². The molecule has 1 fully saturated rings. The number of carbonyl (C=O) groups excluding carboxylic acids is 1. The Morgan fingerprint density at radius 1 is 1.00 bits per heavy atom. The van der Waals surface area contributed by atoms with Crippen LogP contribution in [0.25, 0.3) is 22.8 Å². The number of hydrogen-bond donors (Lipinski definition) is 0. The largest absolute Gasteiger partial charge is 0.436 e. The van der Waals surface area contributed by atoms with Crippen LogP contribution in [0.4, 0.5) is 0 Å². The fourth-order valence-corrected chi connectivity index (χ4v) is 3.29. The van der Waals surface area contributed by atoms with Gasteiger partial charge in [0.2, 0.25) is 5.89 Å². The molecule has 1 saturated heterocycles. The van der Waals surface area contributed by atoms with Crippen molar-refractivity contribution >= 4 is 5.91 Å². The lowest BCUT2D eigenvalue weighted by Gasteiger charge is -2.32. The average molecular weight is 361 g/mol. The van der Waals surface area contributed by atoms with Gasteiger partial charge in [0.25, 0.3) is 5.91 Å². The molecule has 0 bridgehead atoms. The third kappa shape index (κ3) is 3.64. The van der Waals surface area contributed by atoms with Gasteiger partial charge in [-0.15, -0.1) is 0 Å². The number of oxazole rings is 1. The summed E-state index contributed by atoms with van der Waals surface area (Å²) < 4.78 is 6.00. The molecule has 2 aromatic carbocycles. The van der Waals surface area contributed by atoms with Crippen LogP contribution in [0.15, 0.2) is 59.1 Å². The minimum atomic E-state index is 0.0359. The van der Waals surface area contributed by atoms with Gasteiger partial charge >= 0.3 is 0 Å². The van der Waals surface area contributed by atoms with Crippen LogP contribution in [-0.4, -0.2) is 53.9 Å². The molecule has 0 saturated carbocycles. The molecule has 0 N–H and O–H groups in total. The number of benzene rings is 2. The van der Waals surface area contributed by atoms with Crippen LogP contribution >= 0.6 is 0 Å². The van der Waals surface area contributed by atoms with Gasteiger partial charge in [-0.1, -0.05) is 42.0 Å². The van der Waals surface area contributed by atoms with E-state index in [1.165, 1.54) is 5.56 Å². The van der Waals surface area contributed by atoms with Crippen LogP contribution in [0.1, 0.15) is 15.9 Å². The number of aromatic nitrogens is 1. The lowest BCUT2D eigenvalue weighted by molar-refractivity contribution is 0.0664. The van der Waals surface area contributed by atoms with Gasteiger partial charge in [-0.3, -0.25) is 4.79 Å². The second-order valence-corrected chi connectivity index (χ2v) is 7.04. The Morgan fingerprint density at radius 3 is 2.44 bits per heavy atom. The van der Waals surface area contributed by atoms with Gasteiger partial charge in [-0.05, 0) is 26.1 Å². The van der Waals surface area contributed by atoms with Crippen molar-refractivity contribution in [2.24, 2.45) is 0 Å². The molecule has 1 aromatic heterocycles. The number of amides is 1. The summed E-state index contributed by atoms with van der Waals surface area (Å²) in [5.74, 6) is 1.21. The van der Waals surface area contributed by atoms with Gasteiger partial charge in [0, 0.05) is 37.3 Å². The van der Waals surface area contributed by atoms with E-state index in [0.717, 1.165) is 37.3 Å². The maximum atomic E-state index is 13.1. The van der Waals surface area contributed by atoms with E-state index in [-0.39, 0.29) is 5.91 Å². The molecule has 0 spiro atoms. The fraction of sp³-hybridized carbons (Fsp3) is 0.273. The lowest BCUT2D eigenvalue weighted by Crippen LogP contribution is -2.47. The van der Waals surface area contributed by atoms with Gasteiger partial charge in [-0.2, -0.15) is 0 Å². The Hall–Kier alpha value is -2.92. The zero-order valence-electron chi connectivity index (χ0n) is 15.7. The summed E-state index contributed by atoms with van der Waals surface area (Å²) in [5.41, 5.74) is 3.54. The summed E-state index contributed by atoms with van der Waals surface area (Å²) in [6.45, 7) is 5.32. The van der Waals surface area contributed by atoms with E-state index in [1.54, 1.807) is 6.20 Å². The van der Waals surface area contributed by atoms with Gasteiger partial charge in [0.05, 0.1) is 11.8 Å². The van der Waals surface area contributed by atoms with Crippen LogP contribution in [0, 0.1) is 6.92 Å². The summed E-state index contributed by atoms with van der Waals surface area (Å²) in [4.78, 5) is 21.6. The zero-order chi connectivity index (χ0) is 18.8. The molecular weight excluding hydrogens is 338 g/mol. The second-order valence-electron chi connectivity index (χ2n) is 7.04. The van der Waals surface area contributed by atoms with E-state index >= 15 is 0 Å². The smallest absolute Gasteiger partial charge is 0.254 e. The van der Waals surface area contributed by atoms with Crippen LogP contribution < -0.4 is 0 Å². The molecule has 0 unspecified atom stereocenters. The molecule has 1 amide bonds. The Balaban J connectivity index is 1.63. The molecule has 138 valence electrons. The highest BCUT2D eigenvalue weighted by molar-refractivity contribution is 6.00. The lowest BCUT2D eigenvalue weighted by atomic mass is 10.1. The summed E-state index contributed by atoms with van der Waals surface area (Å²) in [6, 6.07) is 15.7. The highest BCUT2D eigenvalue weighted by atomic mass is 16.4. The molecule has 0 atom stereocenters. The molecule has 5 heteroatoms. The Labute approximate surface area is 159 Å². The van der Waals surface area contributed by atoms with Crippen molar-refractivity contribution in [3.63, 3.8) is 0 Å². The quantitative estimate of drug-likeness (QED) is 0.714. The van der Waals surface area contributed by atoms with Crippen LogP contribution in [0.2, 0.25) is 0 Å². The van der Waals surface area contributed by atoms with E-state index in [0.29, 0.717) is 17.2 Å². The highest BCUT2D eigenvalue weighted by Crippen LogP contribution is 2.29. The fourth-order valence-electron chi connectivity index (χ4n) is 3.29. The van der Waals surface area contributed by atoms with E-state index in [9.17, 15) is 4.79 Å². The SMILES string of the molecule is Cc1ccc(-c2cnc(-c3ccccc3C(=O)N3CCN(C)CC3)o2)cc1. The van der Waals surface area contributed by atoms with Gasteiger partial charge in [0.15, 0.2) is 5.76 Å². The Morgan fingerprint density at radius 2 is 1.70 bits per heavy atom. The number of nitrogens with zero attached hydrogens (tertiary/aromatic N) is 3. The van der Waals surface area contributed by atoms with Crippen LogP contribution in [0.5, 0.6) is 0 Å². The van der Waals surface area contributed by atoms with Crippen molar-refractivity contribution in [3.8, 4) is 22.8 Å². The third-order valence-corrected chi connectivity index (χ3v) is 5.02. The molecule has 0 aliphatic carbocycles. The summed E-state index contributed by atoms with van der Waals surface area (Å²) >= 11 is 0. The standard InChI is InChI=1S/C22H23N3O2/c1-16-7-9-17(10-8-16)20-15-23-21(27-20)18-5-3-4-6-19(18)22(26)25-13-11-24(2)12-14-25/h3-10,15H,11-14H2,1-2H3. The first-order valence-corrected chi connectivity index (χ1v) is 9.22. The van der Waals surface area contributed by atoms with Gasteiger partial charge < -0.3 is 14.2 Å². The first-order chi connectivity index (χ1) is 13.1. The molecule has 1 aliphatic heterocycles. The van der Waals surface area contributed by atoms with Crippen molar-refractivity contribution in [3.05, 3.63) is 65.9 Å². The van der Waals surface area contributed by atoms with Crippen LogP contribution in [0.3, 0.4) is 0 Å². The predicted octanol–water partition coefficient (Wildman–Crippen LogP) is 3.70. The summed E-state index contributed by atoms with van der Waals surface area (Å²) in [6.07, 6.45) is 1.72. The first kappa shape index (κ1) is 17.5. The molecule has 0 radical (unpaired) electrons. The topological polar surface area (TPSA) is 49.6 Å². The average Bonchev–Trinajstić information content (AvgIpc) is 3.19. The maximum Gasteiger partial charge on any atom is 0.254 e. The minimum Gasteiger partial charge on any atom is -0.436 e. The number of likely N-dealkylation sites (N-methyl/N-ethyl adjacent to an activating group) is 1. The first-order valence-electron chi connectivity index (χ1n) is 9.22. The Bertz CT molecular complexity index is 938. The number of carbonyl (C=O) groups is 1. The van der Waals surface area contributed by atoms with E-state index in [4.69, 9.17) is 4.42 Å². The third-order valence-electron chi connectivity index (χ3n) is 5.02. The molecule has 27 heavy (non-hydrogen) atoms. The normalized spacial score (nSPS) is 15.1. The molecule has 2 heterocycles. The van der Waals surface area contributed by atoms with Gasteiger partial charge in [0.1, 0.15) is 0 Å². The minimum absolute atomic E-state index is 0.0359. The maximum absolute atomic E-state index is 13.1. The van der Waals surface area contributed by atoms with E-state index in [2.05, 4.69) is 23.9 Å². The predicted molar refractivity (Wildman–Crippen MR) is 106 cm³/mol. The van der Waals surface area contributed by atoms with Crippen molar-refractivity contribution in [2.75, 3.05) is 33.2 Å². The van der Waals surface area contributed by atoms with Crippen LogP contribution in [-0.2, 0) is 0 Å². The van der Waals surface area contributed by atoms with Gasteiger partial charge in [-0.25, -0.2) is 4.98 Å². The summed E-state index contributed by atoms with van der Waals surface area (Å²) in [5, 5.41) is 0. The molecular formula is C22H23N3O2. The number of piperazine rings is 1. The van der Waals surface area contributed by atoms with Crippen molar-refractivity contribution < 1.29 is 9.21 Å². The van der Waals surface area contributed by atoms with E-state index < -0.39 is 0 Å². The van der Waals surface area contributed by atoms with Crippen molar-refractivity contribution in [1.29, 1.82) is 0 Å². The number of rotatable bonds is 3. The highest BCUT2D eigenvalue weighted by Gasteiger charge is 2.24. The monoisotopic (exact) mass is 361 g/mol. The Kier molecular flexibility index (Phi) is 4.77. The second kappa shape index (κ2) is 7.37. The molecule has 5 nitrogen and oxygen atoms in total. The zero-order valence-corrected chi connectivity index (χ0v) is 15.7. The van der Waals surface area contributed by atoms with E-state index in [1.807, 2.05) is 53.4 Å². The number of aryl methyl sites for hydroxylation is 1. The molecule has 1 aliphatic rings. The molecule has 4 rings (SSSR count). The van der Waals surface area contributed by atoms with Crippen molar-refractivity contribution in [2.45, 2.75) is 6.92 Å².